The minimum atomic E-state index is 0.126. The molecule has 1 saturated carbocycles. The maximum Gasteiger partial charge on any atom is 0.226 e. The van der Waals surface area contributed by atoms with Crippen LogP contribution >= 0.6 is 0 Å². The minimum absolute atomic E-state index is 0.126. The van der Waals surface area contributed by atoms with E-state index in [1.54, 1.807) is 7.11 Å². The fourth-order valence-electron chi connectivity index (χ4n) is 5.85. The Balaban J connectivity index is 1.37. The number of carbonyl (C=O) groups excluding carboxylic acids is 1. The van der Waals surface area contributed by atoms with Crippen molar-refractivity contribution in [3.8, 4) is 0 Å². The molecule has 0 spiro atoms. The number of hydrogen-bond donors (Lipinski definition) is 0. The summed E-state index contributed by atoms with van der Waals surface area (Å²) in [4.78, 5) is 22.9. The Kier molecular flexibility index (Phi) is 7.47. The van der Waals surface area contributed by atoms with Gasteiger partial charge in [-0.1, -0.05) is 32.6 Å². The van der Waals surface area contributed by atoms with Crippen LogP contribution in [0.1, 0.15) is 75.7 Å². The van der Waals surface area contributed by atoms with E-state index in [0.717, 1.165) is 65.0 Å². The van der Waals surface area contributed by atoms with Crippen molar-refractivity contribution in [1.82, 2.24) is 19.4 Å². The molecule has 30 heavy (non-hydrogen) atoms. The van der Waals surface area contributed by atoms with Gasteiger partial charge in [0.1, 0.15) is 5.82 Å². The van der Waals surface area contributed by atoms with Gasteiger partial charge >= 0.3 is 0 Å². The summed E-state index contributed by atoms with van der Waals surface area (Å²) in [5.41, 5.74) is 1.28. The number of piperazine rings is 1. The van der Waals surface area contributed by atoms with Crippen molar-refractivity contribution in [2.75, 3.05) is 39.9 Å². The largest absolute Gasteiger partial charge is 0.383 e. The van der Waals surface area contributed by atoms with E-state index in [2.05, 4.69) is 27.5 Å². The van der Waals surface area contributed by atoms with E-state index in [1.165, 1.54) is 43.6 Å². The zero-order valence-corrected chi connectivity index (χ0v) is 19.0. The number of carbonyl (C=O) groups is 1. The van der Waals surface area contributed by atoms with Gasteiger partial charge in [-0.25, -0.2) is 4.98 Å². The molecule has 3 aliphatic rings. The highest BCUT2D eigenvalue weighted by Gasteiger charge is 2.35. The van der Waals surface area contributed by atoms with Crippen molar-refractivity contribution < 1.29 is 9.53 Å². The molecule has 6 heteroatoms. The number of imidazole rings is 1. The van der Waals surface area contributed by atoms with Crippen molar-refractivity contribution in [2.24, 2.45) is 5.92 Å². The normalized spacial score (nSPS) is 26.0. The van der Waals surface area contributed by atoms with Crippen LogP contribution in [0.2, 0.25) is 0 Å². The quantitative estimate of drug-likeness (QED) is 0.683. The van der Waals surface area contributed by atoms with Crippen LogP contribution in [0.25, 0.3) is 0 Å². The average molecular weight is 417 g/mol. The molecule has 1 saturated heterocycles. The number of methoxy groups -OCH3 is 1. The maximum atomic E-state index is 13.4. The molecule has 1 aliphatic carbocycles. The van der Waals surface area contributed by atoms with Gasteiger partial charge in [0.05, 0.1) is 6.61 Å². The Morgan fingerprint density at radius 3 is 2.77 bits per heavy atom. The number of nitrogens with zero attached hydrogens (tertiary/aromatic N) is 4. The van der Waals surface area contributed by atoms with E-state index in [1.807, 2.05) is 0 Å². The van der Waals surface area contributed by atoms with E-state index >= 15 is 0 Å². The lowest BCUT2D eigenvalue weighted by Crippen LogP contribution is -2.56. The molecule has 2 aliphatic heterocycles. The second-order valence-corrected chi connectivity index (χ2v) is 9.54. The highest BCUT2D eigenvalue weighted by molar-refractivity contribution is 5.79. The Morgan fingerprint density at radius 1 is 1.17 bits per heavy atom. The number of hydrogen-bond acceptors (Lipinski definition) is 4. The highest BCUT2D eigenvalue weighted by atomic mass is 16.5. The van der Waals surface area contributed by atoms with Gasteiger partial charge in [-0.2, -0.15) is 0 Å². The Labute approximate surface area is 182 Å². The summed E-state index contributed by atoms with van der Waals surface area (Å²) < 4.78 is 7.74. The molecule has 2 atom stereocenters. The molecule has 2 fully saturated rings. The maximum absolute atomic E-state index is 13.4. The highest BCUT2D eigenvalue weighted by Crippen LogP contribution is 2.34. The predicted molar refractivity (Wildman–Crippen MR) is 119 cm³/mol. The van der Waals surface area contributed by atoms with E-state index in [-0.39, 0.29) is 5.92 Å². The average Bonchev–Trinajstić information content (AvgIpc) is 3.22. The van der Waals surface area contributed by atoms with Crippen molar-refractivity contribution in [3.05, 3.63) is 17.7 Å². The molecule has 1 aromatic heterocycles. The van der Waals surface area contributed by atoms with Gasteiger partial charge in [0.2, 0.25) is 5.91 Å². The van der Waals surface area contributed by atoms with E-state index in [4.69, 9.17) is 9.72 Å². The summed E-state index contributed by atoms with van der Waals surface area (Å²) in [7, 11) is 1.77. The van der Waals surface area contributed by atoms with Crippen LogP contribution in [0.4, 0.5) is 0 Å². The summed E-state index contributed by atoms with van der Waals surface area (Å²) in [5.74, 6) is 2.43. The lowest BCUT2D eigenvalue weighted by atomic mass is 9.88. The van der Waals surface area contributed by atoms with Crippen LogP contribution in [0.3, 0.4) is 0 Å². The number of amides is 1. The molecule has 0 bridgehead atoms. The predicted octanol–water partition coefficient (Wildman–Crippen LogP) is 3.45. The molecule has 0 aromatic carbocycles. The summed E-state index contributed by atoms with van der Waals surface area (Å²) in [6.07, 6.45) is 12.8. The lowest BCUT2D eigenvalue weighted by Gasteiger charge is -2.43. The van der Waals surface area contributed by atoms with Gasteiger partial charge in [0, 0.05) is 76.0 Å². The molecular weight excluding hydrogens is 376 g/mol. The van der Waals surface area contributed by atoms with Crippen LogP contribution in [0.15, 0.2) is 6.20 Å². The first-order chi connectivity index (χ1) is 14.7. The molecule has 1 aromatic rings. The van der Waals surface area contributed by atoms with Gasteiger partial charge in [-0.05, 0) is 25.7 Å². The third-order valence-electron chi connectivity index (χ3n) is 7.57. The molecule has 0 unspecified atom stereocenters. The van der Waals surface area contributed by atoms with Gasteiger partial charge in [0.25, 0.3) is 0 Å². The van der Waals surface area contributed by atoms with Crippen LogP contribution in [-0.2, 0) is 22.5 Å². The van der Waals surface area contributed by atoms with Crippen molar-refractivity contribution in [1.29, 1.82) is 0 Å². The van der Waals surface area contributed by atoms with Gasteiger partial charge in [-0.15, -0.1) is 0 Å². The van der Waals surface area contributed by atoms with Gasteiger partial charge in [-0.3, -0.25) is 9.69 Å². The van der Waals surface area contributed by atoms with E-state index in [9.17, 15) is 4.79 Å². The second-order valence-electron chi connectivity index (χ2n) is 9.54. The van der Waals surface area contributed by atoms with Crippen LogP contribution in [0.5, 0.6) is 0 Å². The van der Waals surface area contributed by atoms with Crippen molar-refractivity contribution >= 4 is 5.91 Å². The topological polar surface area (TPSA) is 50.6 Å². The zero-order valence-electron chi connectivity index (χ0n) is 19.0. The SMILES string of the molecule is CCC[C@@H]1CN(C(=O)[C@H]2CCn3c(cnc3C3CCCCC3)C2)CCN1CCOC. The first-order valence-electron chi connectivity index (χ1n) is 12.3. The number of ether oxygens (including phenoxy) is 1. The first-order valence-corrected chi connectivity index (χ1v) is 12.3. The monoisotopic (exact) mass is 416 g/mol. The molecule has 4 rings (SSSR count). The number of rotatable bonds is 7. The summed E-state index contributed by atoms with van der Waals surface area (Å²) in [5, 5.41) is 0. The Morgan fingerprint density at radius 2 is 2.00 bits per heavy atom. The minimum Gasteiger partial charge on any atom is -0.383 e. The molecule has 6 nitrogen and oxygen atoms in total. The van der Waals surface area contributed by atoms with E-state index in [0.29, 0.717) is 17.9 Å². The standard InChI is InChI=1S/C24H40N4O2/c1-3-7-21-18-27(13-12-26(21)14-15-30-2)24(29)20-10-11-28-22(16-20)17-25-23(28)19-8-5-4-6-9-19/h17,19-21H,3-16,18H2,1-2H3/t20-,21+/m0/s1. The first kappa shape index (κ1) is 21.8. The fourth-order valence-corrected chi connectivity index (χ4v) is 5.85. The Hall–Kier alpha value is -1.40. The third-order valence-corrected chi connectivity index (χ3v) is 7.57. The van der Waals surface area contributed by atoms with Crippen LogP contribution in [0, 0.1) is 5.92 Å². The smallest absolute Gasteiger partial charge is 0.226 e. The van der Waals surface area contributed by atoms with Gasteiger partial charge in [0.15, 0.2) is 0 Å². The third kappa shape index (κ3) is 4.75. The molecule has 3 heterocycles. The van der Waals surface area contributed by atoms with Crippen LogP contribution < -0.4 is 0 Å². The number of aromatic nitrogens is 2. The van der Waals surface area contributed by atoms with Gasteiger partial charge < -0.3 is 14.2 Å². The van der Waals surface area contributed by atoms with Crippen LogP contribution in [-0.4, -0.2) is 71.2 Å². The summed E-state index contributed by atoms with van der Waals surface area (Å²) in [6, 6.07) is 0.467. The Bertz CT molecular complexity index is 697. The zero-order chi connectivity index (χ0) is 20.9. The molecule has 0 N–H and O–H groups in total. The molecular formula is C24H40N4O2. The molecule has 168 valence electrons. The summed E-state index contributed by atoms with van der Waals surface area (Å²) >= 11 is 0. The molecule has 1 amide bonds. The summed E-state index contributed by atoms with van der Waals surface area (Å²) in [6.45, 7) is 7.63. The lowest BCUT2D eigenvalue weighted by molar-refractivity contribution is -0.139. The molecule has 0 radical (unpaired) electrons. The number of fused-ring (bicyclic) bond motifs is 1. The fraction of sp³-hybridized carbons (Fsp3) is 0.833. The van der Waals surface area contributed by atoms with E-state index < -0.39 is 0 Å². The second kappa shape index (κ2) is 10.3. The van der Waals surface area contributed by atoms with Crippen molar-refractivity contribution in [2.45, 2.75) is 83.2 Å². The van der Waals surface area contributed by atoms with Crippen molar-refractivity contribution in [3.63, 3.8) is 0 Å².